The number of methoxy groups -OCH3 is 1. The lowest BCUT2D eigenvalue weighted by Gasteiger charge is -2.25. The average molecular weight is 348 g/mol. The van der Waals surface area contributed by atoms with Crippen LogP contribution in [0.3, 0.4) is 0 Å². The van der Waals surface area contributed by atoms with E-state index in [0.29, 0.717) is 37.6 Å². The van der Waals surface area contributed by atoms with Crippen LogP contribution in [0.15, 0.2) is 24.3 Å². The van der Waals surface area contributed by atoms with E-state index in [2.05, 4.69) is 0 Å². The Hall–Kier alpha value is -2.24. The maximum Gasteiger partial charge on any atom is 0.260 e. The first-order chi connectivity index (χ1) is 12.1. The predicted molar refractivity (Wildman–Crippen MR) is 95.8 cm³/mol. The number of hydrogen-bond acceptors (Lipinski definition) is 4. The second kappa shape index (κ2) is 9.30. The Morgan fingerprint density at radius 3 is 2.28 bits per heavy atom. The minimum Gasteiger partial charge on any atom is -0.493 e. The largest absolute Gasteiger partial charge is 0.493 e. The van der Waals surface area contributed by atoms with Gasteiger partial charge in [0, 0.05) is 32.1 Å². The van der Waals surface area contributed by atoms with Crippen molar-refractivity contribution >= 4 is 11.8 Å². The molecule has 1 aromatic carbocycles. The van der Waals surface area contributed by atoms with Crippen molar-refractivity contribution < 1.29 is 19.1 Å². The summed E-state index contributed by atoms with van der Waals surface area (Å²) in [5, 5.41) is 0. The van der Waals surface area contributed by atoms with Crippen LogP contribution in [0.2, 0.25) is 0 Å². The maximum absolute atomic E-state index is 12.6. The highest BCUT2D eigenvalue weighted by atomic mass is 16.5. The van der Waals surface area contributed by atoms with E-state index in [1.165, 1.54) is 0 Å². The van der Waals surface area contributed by atoms with Gasteiger partial charge in [-0.25, -0.2) is 0 Å². The highest BCUT2D eigenvalue weighted by Crippen LogP contribution is 2.28. The molecule has 2 rings (SSSR count). The van der Waals surface area contributed by atoms with Crippen molar-refractivity contribution in [3.63, 3.8) is 0 Å². The van der Waals surface area contributed by atoms with Gasteiger partial charge in [-0.15, -0.1) is 0 Å². The van der Waals surface area contributed by atoms with Crippen LogP contribution in [0, 0.1) is 0 Å². The van der Waals surface area contributed by atoms with E-state index >= 15 is 0 Å². The van der Waals surface area contributed by atoms with Crippen LogP contribution in [-0.2, 0) is 9.59 Å². The van der Waals surface area contributed by atoms with Crippen molar-refractivity contribution in [3.05, 3.63) is 24.3 Å². The van der Waals surface area contributed by atoms with Gasteiger partial charge in [0.25, 0.3) is 5.91 Å². The molecule has 6 nitrogen and oxygen atoms in total. The first-order valence-corrected chi connectivity index (χ1v) is 8.93. The molecule has 2 amide bonds. The van der Waals surface area contributed by atoms with E-state index in [4.69, 9.17) is 9.47 Å². The summed E-state index contributed by atoms with van der Waals surface area (Å²) in [6, 6.07) is 7.50. The number of para-hydroxylation sites is 2. The number of amides is 2. The molecule has 1 aromatic rings. The van der Waals surface area contributed by atoms with Crippen LogP contribution < -0.4 is 9.47 Å². The number of carbonyl (C=O) groups is 2. The SMILES string of the molecule is CCN(CC)C(=O)CCN(C(=O)COc1ccccc1OC)C1CC1. The topological polar surface area (TPSA) is 59.1 Å². The van der Waals surface area contributed by atoms with Gasteiger partial charge < -0.3 is 19.3 Å². The van der Waals surface area contributed by atoms with E-state index < -0.39 is 0 Å². The smallest absolute Gasteiger partial charge is 0.260 e. The zero-order valence-electron chi connectivity index (χ0n) is 15.4. The molecular weight excluding hydrogens is 320 g/mol. The van der Waals surface area contributed by atoms with Crippen LogP contribution in [0.1, 0.15) is 33.1 Å². The van der Waals surface area contributed by atoms with E-state index in [0.717, 1.165) is 12.8 Å². The van der Waals surface area contributed by atoms with Crippen molar-refractivity contribution in [2.45, 2.75) is 39.2 Å². The number of carbonyl (C=O) groups excluding carboxylic acids is 2. The molecule has 25 heavy (non-hydrogen) atoms. The van der Waals surface area contributed by atoms with Gasteiger partial charge in [-0.05, 0) is 38.8 Å². The molecular formula is C19H28N2O4. The molecule has 1 aliphatic carbocycles. The van der Waals surface area contributed by atoms with Gasteiger partial charge in [-0.1, -0.05) is 12.1 Å². The Labute approximate surface area is 149 Å². The van der Waals surface area contributed by atoms with Gasteiger partial charge in [-0.2, -0.15) is 0 Å². The highest BCUT2D eigenvalue weighted by molar-refractivity contribution is 5.80. The summed E-state index contributed by atoms with van der Waals surface area (Å²) in [5.74, 6) is 1.16. The molecule has 0 heterocycles. The van der Waals surface area contributed by atoms with Crippen molar-refractivity contribution in [1.29, 1.82) is 0 Å². The van der Waals surface area contributed by atoms with Crippen LogP contribution in [-0.4, -0.2) is 61.0 Å². The lowest BCUT2D eigenvalue weighted by molar-refractivity contribution is -0.136. The summed E-state index contributed by atoms with van der Waals surface area (Å²) in [7, 11) is 1.57. The Morgan fingerprint density at radius 2 is 1.72 bits per heavy atom. The Morgan fingerprint density at radius 1 is 1.08 bits per heavy atom. The Bertz CT molecular complexity index is 583. The third-order valence-corrected chi connectivity index (χ3v) is 4.41. The fourth-order valence-corrected chi connectivity index (χ4v) is 2.81. The van der Waals surface area contributed by atoms with Gasteiger partial charge in [-0.3, -0.25) is 9.59 Å². The summed E-state index contributed by atoms with van der Waals surface area (Å²) in [6.45, 7) is 5.73. The van der Waals surface area contributed by atoms with E-state index in [1.807, 2.05) is 26.0 Å². The van der Waals surface area contributed by atoms with Crippen LogP contribution in [0.25, 0.3) is 0 Å². The fraction of sp³-hybridized carbons (Fsp3) is 0.579. The maximum atomic E-state index is 12.6. The zero-order valence-corrected chi connectivity index (χ0v) is 15.4. The van der Waals surface area contributed by atoms with Crippen molar-refractivity contribution in [1.82, 2.24) is 9.80 Å². The standard InChI is InChI=1S/C19H28N2O4/c1-4-20(5-2)18(22)12-13-21(15-10-11-15)19(23)14-25-17-9-7-6-8-16(17)24-3/h6-9,15H,4-5,10-14H2,1-3H3. The quantitative estimate of drug-likeness (QED) is 0.651. The fourth-order valence-electron chi connectivity index (χ4n) is 2.81. The second-order valence-electron chi connectivity index (χ2n) is 6.07. The lowest BCUT2D eigenvalue weighted by Crippen LogP contribution is -2.40. The van der Waals surface area contributed by atoms with Gasteiger partial charge >= 0.3 is 0 Å². The normalized spacial score (nSPS) is 13.2. The first-order valence-electron chi connectivity index (χ1n) is 8.93. The second-order valence-corrected chi connectivity index (χ2v) is 6.07. The van der Waals surface area contributed by atoms with E-state index in [9.17, 15) is 9.59 Å². The first kappa shape index (κ1) is 19.1. The predicted octanol–water partition coefficient (Wildman–Crippen LogP) is 2.32. The summed E-state index contributed by atoms with van der Waals surface area (Å²) in [4.78, 5) is 28.3. The minimum atomic E-state index is -0.0826. The third kappa shape index (κ3) is 5.37. The van der Waals surface area contributed by atoms with Crippen molar-refractivity contribution in [3.8, 4) is 11.5 Å². The van der Waals surface area contributed by atoms with Crippen LogP contribution in [0.5, 0.6) is 11.5 Å². The molecule has 6 heteroatoms. The molecule has 0 aliphatic heterocycles. The molecule has 0 unspecified atom stereocenters. The number of ether oxygens (including phenoxy) is 2. The van der Waals surface area contributed by atoms with Gasteiger partial charge in [0.2, 0.25) is 5.91 Å². The molecule has 138 valence electrons. The molecule has 1 fully saturated rings. The molecule has 1 aliphatic rings. The number of hydrogen-bond donors (Lipinski definition) is 0. The molecule has 0 N–H and O–H groups in total. The minimum absolute atomic E-state index is 0.0453. The average Bonchev–Trinajstić information content (AvgIpc) is 3.46. The van der Waals surface area contributed by atoms with Crippen molar-refractivity contribution in [2.24, 2.45) is 0 Å². The zero-order chi connectivity index (χ0) is 18.2. The van der Waals surface area contributed by atoms with Crippen LogP contribution >= 0.6 is 0 Å². The summed E-state index contributed by atoms with van der Waals surface area (Å²) in [5.41, 5.74) is 0. The Balaban J connectivity index is 1.89. The molecule has 0 aromatic heterocycles. The summed E-state index contributed by atoms with van der Waals surface area (Å²) >= 11 is 0. The van der Waals surface area contributed by atoms with Gasteiger partial charge in [0.05, 0.1) is 7.11 Å². The van der Waals surface area contributed by atoms with Crippen LogP contribution in [0.4, 0.5) is 0 Å². The van der Waals surface area contributed by atoms with E-state index in [1.54, 1.807) is 29.0 Å². The van der Waals surface area contributed by atoms with Crippen molar-refractivity contribution in [2.75, 3.05) is 33.4 Å². The molecule has 0 radical (unpaired) electrons. The molecule has 1 saturated carbocycles. The monoisotopic (exact) mass is 348 g/mol. The van der Waals surface area contributed by atoms with Gasteiger partial charge in [0.1, 0.15) is 0 Å². The highest BCUT2D eigenvalue weighted by Gasteiger charge is 2.33. The third-order valence-electron chi connectivity index (χ3n) is 4.41. The summed E-state index contributed by atoms with van der Waals surface area (Å²) < 4.78 is 10.9. The van der Waals surface area contributed by atoms with Gasteiger partial charge in [0.15, 0.2) is 18.1 Å². The van der Waals surface area contributed by atoms with E-state index in [-0.39, 0.29) is 24.5 Å². The Kier molecular flexibility index (Phi) is 7.10. The lowest BCUT2D eigenvalue weighted by atomic mass is 10.3. The molecule has 0 bridgehead atoms. The summed E-state index contributed by atoms with van der Waals surface area (Å²) in [6.07, 6.45) is 2.36. The molecule has 0 saturated heterocycles. The molecule has 0 spiro atoms. The number of rotatable bonds is 10. The number of benzene rings is 1. The number of nitrogens with zero attached hydrogens (tertiary/aromatic N) is 2. The molecule has 0 atom stereocenters.